The molecular weight excluding hydrogens is 328 g/mol. The molecule has 0 spiro atoms. The molecular formula is C18H38O7. The molecule has 0 saturated carbocycles. The molecule has 0 fully saturated rings. The van der Waals surface area contributed by atoms with Gasteiger partial charge in [0.15, 0.2) is 0 Å². The minimum absolute atomic E-state index is 0.00675. The first kappa shape index (κ1) is 24.7. The summed E-state index contributed by atoms with van der Waals surface area (Å²) in [7, 11) is 0. The third-order valence-electron chi connectivity index (χ3n) is 3.34. The third kappa shape index (κ3) is 15.7. The van der Waals surface area contributed by atoms with Gasteiger partial charge in [0.25, 0.3) is 0 Å². The van der Waals surface area contributed by atoms with Crippen molar-refractivity contribution < 1.29 is 33.9 Å². The fourth-order valence-electron chi connectivity index (χ4n) is 1.75. The molecule has 0 aromatic rings. The Balaban J connectivity index is 3.70. The highest BCUT2D eigenvalue weighted by molar-refractivity contribution is 4.57. The molecule has 0 aromatic heterocycles. The second-order valence-corrected chi connectivity index (χ2v) is 6.75. The fraction of sp³-hybridized carbons (Fsp3) is 1.00. The molecule has 0 aliphatic heterocycles. The summed E-state index contributed by atoms with van der Waals surface area (Å²) >= 11 is 0. The van der Waals surface area contributed by atoms with Crippen LogP contribution < -0.4 is 0 Å². The Morgan fingerprint density at radius 3 is 1.08 bits per heavy atom. The van der Waals surface area contributed by atoms with Crippen molar-refractivity contribution in [2.75, 3.05) is 39.6 Å². The van der Waals surface area contributed by atoms with E-state index < -0.39 is 6.10 Å². The molecule has 7 heteroatoms. The van der Waals surface area contributed by atoms with Gasteiger partial charge in [-0.2, -0.15) is 0 Å². The monoisotopic (exact) mass is 366 g/mol. The van der Waals surface area contributed by atoms with E-state index in [-0.39, 0.29) is 37.1 Å². The van der Waals surface area contributed by atoms with Crippen molar-refractivity contribution in [2.24, 2.45) is 0 Å². The Bertz CT molecular complexity index is 301. The van der Waals surface area contributed by atoms with Gasteiger partial charge in [0, 0.05) is 0 Å². The molecule has 25 heavy (non-hydrogen) atoms. The zero-order valence-electron chi connectivity index (χ0n) is 16.6. The zero-order chi connectivity index (χ0) is 19.2. The SMILES string of the molecule is CC(O)COC(C)COC(C)COC(C)COC(C)COC(C)CO. The number of aliphatic hydroxyl groups is 2. The normalized spacial score (nSPS) is 19.2. The lowest BCUT2D eigenvalue weighted by Crippen LogP contribution is -2.29. The van der Waals surface area contributed by atoms with Crippen LogP contribution in [0.15, 0.2) is 0 Å². The number of aliphatic hydroxyl groups excluding tert-OH is 2. The molecule has 7 nitrogen and oxygen atoms in total. The van der Waals surface area contributed by atoms with Gasteiger partial charge in [0.1, 0.15) is 0 Å². The standard InChI is InChI=1S/C18H38O7/c1-13(20)8-21-15(3)10-23-17(5)12-25-18(6)11-24-16(4)9-22-14(2)7-19/h13-20H,7-12H2,1-6H3. The molecule has 0 saturated heterocycles. The molecule has 0 aromatic carbocycles. The first-order valence-electron chi connectivity index (χ1n) is 9.11. The highest BCUT2D eigenvalue weighted by Gasteiger charge is 2.12. The van der Waals surface area contributed by atoms with Gasteiger partial charge in [-0.05, 0) is 41.5 Å². The number of rotatable bonds is 16. The van der Waals surface area contributed by atoms with Crippen molar-refractivity contribution >= 4 is 0 Å². The molecule has 0 aliphatic rings. The molecule has 0 heterocycles. The van der Waals surface area contributed by atoms with Crippen LogP contribution in [0.5, 0.6) is 0 Å². The Kier molecular flexibility index (Phi) is 14.7. The van der Waals surface area contributed by atoms with Crippen LogP contribution in [-0.4, -0.2) is 86.5 Å². The van der Waals surface area contributed by atoms with E-state index in [1.807, 2.05) is 34.6 Å². The molecule has 6 unspecified atom stereocenters. The van der Waals surface area contributed by atoms with Gasteiger partial charge in [-0.15, -0.1) is 0 Å². The van der Waals surface area contributed by atoms with Crippen molar-refractivity contribution in [3.05, 3.63) is 0 Å². The first-order chi connectivity index (χ1) is 11.7. The minimum atomic E-state index is -0.469. The van der Waals surface area contributed by atoms with Crippen molar-refractivity contribution in [3.63, 3.8) is 0 Å². The number of ether oxygens (including phenoxy) is 5. The third-order valence-corrected chi connectivity index (χ3v) is 3.34. The van der Waals surface area contributed by atoms with Crippen LogP contribution in [0.3, 0.4) is 0 Å². The Morgan fingerprint density at radius 2 is 0.800 bits per heavy atom. The van der Waals surface area contributed by atoms with Gasteiger partial charge in [-0.1, -0.05) is 0 Å². The van der Waals surface area contributed by atoms with Crippen LogP contribution in [0.2, 0.25) is 0 Å². The summed E-state index contributed by atoms with van der Waals surface area (Å²) in [5.41, 5.74) is 0. The maximum Gasteiger partial charge on any atom is 0.0781 e. The average Bonchev–Trinajstić information content (AvgIpc) is 2.58. The van der Waals surface area contributed by atoms with E-state index in [0.29, 0.717) is 33.0 Å². The van der Waals surface area contributed by atoms with Gasteiger partial charge in [0.2, 0.25) is 0 Å². The Labute approximate surface area is 152 Å². The van der Waals surface area contributed by atoms with Crippen LogP contribution in [0, 0.1) is 0 Å². The highest BCUT2D eigenvalue weighted by Crippen LogP contribution is 2.03. The van der Waals surface area contributed by atoms with Crippen LogP contribution in [0.1, 0.15) is 41.5 Å². The van der Waals surface area contributed by atoms with Crippen LogP contribution in [0.25, 0.3) is 0 Å². The quantitative estimate of drug-likeness (QED) is 0.427. The van der Waals surface area contributed by atoms with Crippen molar-refractivity contribution in [2.45, 2.75) is 78.2 Å². The molecule has 6 atom stereocenters. The van der Waals surface area contributed by atoms with E-state index in [0.717, 1.165) is 0 Å². The minimum Gasteiger partial charge on any atom is -0.394 e. The molecule has 0 rings (SSSR count). The van der Waals surface area contributed by atoms with E-state index in [2.05, 4.69) is 0 Å². The van der Waals surface area contributed by atoms with Gasteiger partial charge >= 0.3 is 0 Å². The molecule has 152 valence electrons. The van der Waals surface area contributed by atoms with Gasteiger partial charge < -0.3 is 33.9 Å². The Morgan fingerprint density at radius 1 is 0.520 bits per heavy atom. The summed E-state index contributed by atoms with van der Waals surface area (Å²) in [5, 5.41) is 18.1. The van der Waals surface area contributed by atoms with Crippen LogP contribution in [-0.2, 0) is 23.7 Å². The zero-order valence-corrected chi connectivity index (χ0v) is 16.6. The van der Waals surface area contributed by atoms with Crippen molar-refractivity contribution in [1.82, 2.24) is 0 Å². The maximum atomic E-state index is 9.17. The van der Waals surface area contributed by atoms with E-state index in [9.17, 15) is 5.11 Å². The topological polar surface area (TPSA) is 86.6 Å². The summed E-state index contributed by atoms with van der Waals surface area (Å²) in [5.74, 6) is 0. The lowest BCUT2D eigenvalue weighted by molar-refractivity contribution is -0.100. The number of hydrogen-bond donors (Lipinski definition) is 2. The average molecular weight is 366 g/mol. The predicted molar refractivity (Wildman–Crippen MR) is 95.8 cm³/mol. The summed E-state index contributed by atoms with van der Waals surface area (Å²) in [6, 6.07) is 0. The molecule has 0 amide bonds. The Hall–Kier alpha value is -0.280. The molecule has 0 bridgehead atoms. The van der Waals surface area contributed by atoms with E-state index in [1.165, 1.54) is 0 Å². The lowest BCUT2D eigenvalue weighted by Gasteiger charge is -2.22. The first-order valence-corrected chi connectivity index (χ1v) is 9.11. The highest BCUT2D eigenvalue weighted by atomic mass is 16.6. The van der Waals surface area contributed by atoms with Gasteiger partial charge in [-0.25, -0.2) is 0 Å². The lowest BCUT2D eigenvalue weighted by atomic mass is 10.3. The second kappa shape index (κ2) is 14.8. The molecule has 2 N–H and O–H groups in total. The summed E-state index contributed by atoms with van der Waals surface area (Å²) in [6.07, 6.45) is -0.868. The molecule has 0 radical (unpaired) electrons. The predicted octanol–water partition coefficient (Wildman–Crippen LogP) is 1.39. The summed E-state index contributed by atoms with van der Waals surface area (Å²) in [4.78, 5) is 0. The van der Waals surface area contributed by atoms with Crippen LogP contribution in [0.4, 0.5) is 0 Å². The summed E-state index contributed by atoms with van der Waals surface area (Å²) in [6.45, 7) is 13.4. The maximum absolute atomic E-state index is 9.17. The van der Waals surface area contributed by atoms with Crippen LogP contribution >= 0.6 is 0 Å². The number of hydrogen-bond acceptors (Lipinski definition) is 7. The van der Waals surface area contributed by atoms with Gasteiger partial charge in [0.05, 0.1) is 76.3 Å². The smallest absolute Gasteiger partial charge is 0.0781 e. The second-order valence-electron chi connectivity index (χ2n) is 6.75. The fourth-order valence-corrected chi connectivity index (χ4v) is 1.75. The van der Waals surface area contributed by atoms with Crippen molar-refractivity contribution in [3.8, 4) is 0 Å². The summed E-state index contributed by atoms with van der Waals surface area (Å²) < 4.78 is 27.9. The molecule has 0 aliphatic carbocycles. The van der Waals surface area contributed by atoms with E-state index >= 15 is 0 Å². The largest absolute Gasteiger partial charge is 0.394 e. The van der Waals surface area contributed by atoms with Crippen molar-refractivity contribution in [1.29, 1.82) is 0 Å². The van der Waals surface area contributed by atoms with Gasteiger partial charge in [-0.3, -0.25) is 0 Å². The van der Waals surface area contributed by atoms with E-state index in [1.54, 1.807) is 6.92 Å². The van der Waals surface area contributed by atoms with E-state index in [4.69, 9.17) is 28.8 Å².